The summed E-state index contributed by atoms with van der Waals surface area (Å²) in [6, 6.07) is 0. The van der Waals surface area contributed by atoms with Crippen LogP contribution in [0.15, 0.2) is 233 Å². The zero-order valence-corrected chi connectivity index (χ0v) is 84.8. The van der Waals surface area contributed by atoms with Gasteiger partial charge in [-0.1, -0.05) is 233 Å². The molecule has 0 heterocycles. The first-order chi connectivity index (χ1) is 62.3. The lowest BCUT2D eigenvalue weighted by molar-refractivity contribution is 0.314. The Morgan fingerprint density at radius 1 is 0.198 bits per heavy atom. The Morgan fingerprint density at radius 2 is 0.325 bits per heavy atom. The van der Waals surface area contributed by atoms with Crippen LogP contribution in [0.2, 0.25) is 0 Å². The second-order valence-corrected chi connectivity index (χ2v) is 37.1. The van der Waals surface area contributed by atoms with Gasteiger partial charge >= 0.3 is 0 Å². The molecule has 8 nitrogen and oxygen atoms in total. The van der Waals surface area contributed by atoms with Crippen molar-refractivity contribution in [1.29, 1.82) is 0 Å². The first kappa shape index (κ1) is 105. The Hall–Kier alpha value is -8.36. The third kappa shape index (κ3) is 55.4. The lowest BCUT2D eigenvalue weighted by Crippen LogP contribution is -1.98. The van der Waals surface area contributed by atoms with Crippen LogP contribution in [0.25, 0.3) is 0 Å². The summed E-state index contributed by atoms with van der Waals surface area (Å²) in [5.41, 5.74) is 30.5. The maximum atomic E-state index is 10.9. The summed E-state index contributed by atoms with van der Waals surface area (Å²) in [6.07, 6.45) is 87.6. The number of hydrogen-bond acceptors (Lipinski definition) is 8. The summed E-state index contributed by atoms with van der Waals surface area (Å²) in [4.78, 5) is 0. The first-order valence-corrected chi connectivity index (χ1v) is 47.9. The lowest BCUT2D eigenvalue weighted by Gasteiger charge is -2.17. The van der Waals surface area contributed by atoms with E-state index in [1.54, 1.807) is 13.8 Å². The van der Waals surface area contributed by atoms with Gasteiger partial charge < -0.3 is 39.4 Å². The van der Waals surface area contributed by atoms with E-state index in [-0.39, 0.29) is 46.0 Å². The minimum absolute atomic E-state index is 0.186. The lowest BCUT2D eigenvalue weighted by atomic mass is 9.99. The van der Waals surface area contributed by atoms with E-state index >= 15 is 0 Å². The molecule has 0 spiro atoms. The van der Waals surface area contributed by atoms with Gasteiger partial charge in [-0.2, -0.15) is 0 Å². The molecule has 2 aromatic rings. The van der Waals surface area contributed by atoms with E-state index in [4.69, 9.17) is 27.2 Å². The highest BCUT2D eigenvalue weighted by atomic mass is 16.5. The Bertz CT molecular complexity index is 4470. The molecule has 0 aliphatic rings. The van der Waals surface area contributed by atoms with Crippen molar-refractivity contribution in [2.24, 2.45) is 0 Å². The Balaban J connectivity index is 0.00000132. The molecule has 0 aromatic heterocycles. The molecule has 2 aromatic carbocycles. The molecule has 0 saturated carbocycles. The quantitative estimate of drug-likeness (QED) is 0.0382. The van der Waals surface area contributed by atoms with Gasteiger partial charge in [-0.25, -0.2) is 0 Å². The molecule has 0 saturated heterocycles. The second-order valence-electron chi connectivity index (χ2n) is 37.1. The van der Waals surface area contributed by atoms with E-state index in [0.29, 0.717) is 35.1 Å². The molecule has 126 heavy (non-hydrogen) atoms. The van der Waals surface area contributed by atoms with Gasteiger partial charge in [-0.3, -0.25) is 0 Å². The number of benzene rings is 2. The molecule has 4 N–H and O–H groups in total. The minimum atomic E-state index is -2.81. The van der Waals surface area contributed by atoms with E-state index in [2.05, 4.69) is 255 Å². The molecule has 0 radical (unpaired) electrons. The minimum Gasteiger partial charge on any atom is -0.504 e. The van der Waals surface area contributed by atoms with Crippen LogP contribution >= 0.6 is 0 Å². The monoisotopic (exact) mass is 1740 g/mol. The fourth-order valence-electron chi connectivity index (χ4n) is 15.1. The molecule has 0 aliphatic heterocycles. The predicted octanol–water partition coefficient (Wildman–Crippen LogP) is 36.9. The number of hydrogen-bond donors (Lipinski definition) is 4. The van der Waals surface area contributed by atoms with Gasteiger partial charge in [0.05, 0.1) is 36.5 Å². The number of rotatable bonds is 62. The van der Waals surface area contributed by atoms with Gasteiger partial charge in [0.25, 0.3) is 0 Å². The largest absolute Gasteiger partial charge is 0.504 e. The summed E-state index contributed by atoms with van der Waals surface area (Å²) in [6.45, 7) is 52.3. The van der Waals surface area contributed by atoms with Gasteiger partial charge in [0.15, 0.2) is 23.0 Å². The fourth-order valence-corrected chi connectivity index (χ4v) is 15.1. The van der Waals surface area contributed by atoms with Gasteiger partial charge in [0, 0.05) is 22.3 Å². The van der Waals surface area contributed by atoms with Crippen molar-refractivity contribution >= 4 is 0 Å². The van der Waals surface area contributed by atoms with Crippen molar-refractivity contribution in [3.63, 3.8) is 0 Å². The number of phenolic OH excluding ortho intramolecular Hbond substituents is 4. The fraction of sp³-hybridized carbons (Fsp3) is 0.559. The van der Waals surface area contributed by atoms with Crippen LogP contribution in [0.3, 0.4) is 0 Å². The molecule has 0 unspecified atom stereocenters. The highest BCUT2D eigenvalue weighted by Crippen LogP contribution is 2.50. The van der Waals surface area contributed by atoms with Crippen LogP contribution in [-0.2, 0) is 12.8 Å². The van der Waals surface area contributed by atoms with Gasteiger partial charge in [-0.05, 0) is 410 Å². The molecular formula is C118H184O8. The number of aromatic hydroxyl groups is 4. The molecule has 0 atom stereocenters. The highest BCUT2D eigenvalue weighted by molar-refractivity contribution is 5.67. The number of phenols is 4. The topological polar surface area (TPSA) is 118 Å². The standard InChI is InChI=1S/2C59H92O4/c2*1-44(2)24-15-25-45(3)26-16-27-46(4)28-17-29-47(5)30-18-31-48(6)32-19-33-49(7)34-20-35-50(8)36-21-37-51(9)38-22-39-52(10)40-23-41-53(11)42-43-55-54(12)56(60)58(62-13)59(63-14)57(55)61/h2*24,26,28,30,32,34,36,38,40,42,60-61H,15-23,25,27,29,31,33,35,37,39,41,43H2,1-14H3/b2*45-26+,46-28+,47-30+,48-32+,49-34+,50-36+,51-38+,52-40+,53-42+/i14D3;13D3. The first-order valence-electron chi connectivity index (χ1n) is 50.9. The molecule has 704 valence electrons. The number of ether oxygens (including phenoxy) is 4. The van der Waals surface area contributed by atoms with Gasteiger partial charge in [0.2, 0.25) is 23.0 Å². The maximum Gasteiger partial charge on any atom is 0.207 e. The Labute approximate surface area is 782 Å². The molecule has 0 fully saturated rings. The van der Waals surface area contributed by atoms with Crippen LogP contribution in [0.1, 0.15) is 414 Å². The average molecular weight is 1740 g/mol. The van der Waals surface area contributed by atoms with Crippen LogP contribution in [0, 0.1) is 13.8 Å². The van der Waals surface area contributed by atoms with Crippen LogP contribution in [-0.4, -0.2) is 48.7 Å². The zero-order chi connectivity index (χ0) is 99.3. The number of methoxy groups -OCH3 is 4. The summed E-state index contributed by atoms with van der Waals surface area (Å²) < 4.78 is 64.8. The maximum absolute atomic E-state index is 10.9. The average Bonchev–Trinajstić information content (AvgIpc) is 0.784. The van der Waals surface area contributed by atoms with Crippen molar-refractivity contribution in [2.45, 2.75) is 410 Å². The third-order valence-electron chi connectivity index (χ3n) is 24.1. The molecule has 0 bridgehead atoms. The van der Waals surface area contributed by atoms with Crippen molar-refractivity contribution in [3.8, 4) is 46.0 Å². The smallest absolute Gasteiger partial charge is 0.207 e. The van der Waals surface area contributed by atoms with Crippen molar-refractivity contribution in [3.05, 3.63) is 255 Å². The van der Waals surface area contributed by atoms with Crippen LogP contribution < -0.4 is 18.9 Å². The second kappa shape index (κ2) is 69.7. The van der Waals surface area contributed by atoms with Crippen molar-refractivity contribution in [1.82, 2.24) is 0 Å². The number of allylic oxidation sites excluding steroid dienone is 40. The normalized spacial score (nSPS) is 15.1. The summed E-state index contributed by atoms with van der Waals surface area (Å²) >= 11 is 0. The molecule has 8 heteroatoms. The summed E-state index contributed by atoms with van der Waals surface area (Å²) in [5.74, 6) is -2.28. The third-order valence-corrected chi connectivity index (χ3v) is 24.1. The van der Waals surface area contributed by atoms with Crippen LogP contribution in [0.4, 0.5) is 0 Å². The van der Waals surface area contributed by atoms with Crippen LogP contribution in [0.5, 0.6) is 46.0 Å². The van der Waals surface area contributed by atoms with E-state index < -0.39 is 14.1 Å². The van der Waals surface area contributed by atoms with Crippen molar-refractivity contribution < 1.29 is 47.6 Å². The summed E-state index contributed by atoms with van der Waals surface area (Å²) in [7, 11) is -3.01. The highest BCUT2D eigenvalue weighted by Gasteiger charge is 2.24. The zero-order valence-electron chi connectivity index (χ0n) is 90.8. The predicted molar refractivity (Wildman–Crippen MR) is 555 cm³/mol. The van der Waals surface area contributed by atoms with E-state index in [1.165, 1.54) is 140 Å². The molecule has 0 aliphatic carbocycles. The van der Waals surface area contributed by atoms with Gasteiger partial charge in [-0.15, -0.1) is 0 Å². The van der Waals surface area contributed by atoms with E-state index in [0.717, 1.165) is 217 Å². The molecular weight excluding hydrogens is 1550 g/mol. The Kier molecular flexibility index (Phi) is 57.9. The summed E-state index contributed by atoms with van der Waals surface area (Å²) in [5, 5.41) is 43.0. The molecule has 2 rings (SSSR count). The SMILES string of the molecule is [2H]C([2H])([2H])Oc1c(O)c(C)c(C/C=C(\C)CC/C=C(\C)CC/C=C(\C)CC/C=C(\C)CC/C=C(\C)CC/C=C(\C)CC/C=C(\C)CC/C=C(\C)CC/C=C(\C)CCC=C(C)C)c(O)c1OC.[2H]C([2H])([2H])Oc1c(O)c(C/C=C(\C)CC/C=C(\C)CC/C=C(\C)CC/C=C(\C)CC/C=C(\C)CC/C=C(\C)CC/C=C(\C)CC/C=C(\C)CC/C=C(\C)CCC=C(C)C)c(C)c(O)c1OC. The molecule has 0 amide bonds. The van der Waals surface area contributed by atoms with Gasteiger partial charge in [0.1, 0.15) is 0 Å². The Morgan fingerprint density at radius 3 is 0.468 bits per heavy atom. The van der Waals surface area contributed by atoms with Crippen molar-refractivity contribution in [2.75, 3.05) is 28.3 Å². The van der Waals surface area contributed by atoms with E-state index in [1.807, 2.05) is 19.1 Å². The van der Waals surface area contributed by atoms with E-state index in [9.17, 15) is 20.4 Å².